The second-order valence-corrected chi connectivity index (χ2v) is 4.41. The number of alkyl halides is 3. The molecule has 0 heterocycles. The van der Waals surface area contributed by atoms with Gasteiger partial charge >= 0.3 is 6.18 Å². The Kier molecular flexibility index (Phi) is 7.81. The Hall–Kier alpha value is -0.250. The molecule has 1 unspecified atom stereocenters. The first kappa shape index (κ1) is 15.8. The van der Waals surface area contributed by atoms with E-state index in [-0.39, 0.29) is 18.8 Å². The topological polar surface area (TPSA) is 20.2 Å². The molecule has 0 rings (SSSR count). The number of aliphatic hydroxyl groups is 1. The summed E-state index contributed by atoms with van der Waals surface area (Å²) in [7, 11) is 0. The van der Waals surface area contributed by atoms with Crippen LogP contribution in [0.25, 0.3) is 0 Å². The smallest absolute Gasteiger partial charge is 0.389 e. The zero-order chi connectivity index (χ0) is 12.6. The highest BCUT2D eigenvalue weighted by Gasteiger charge is 2.27. The van der Waals surface area contributed by atoms with Crippen molar-refractivity contribution in [1.82, 2.24) is 0 Å². The van der Waals surface area contributed by atoms with Gasteiger partial charge in [-0.1, -0.05) is 26.7 Å². The molecule has 0 aromatic carbocycles. The fraction of sp³-hybridized carbons (Fsp3) is 1.00. The first-order valence-electron chi connectivity index (χ1n) is 6.15. The van der Waals surface area contributed by atoms with Crippen LogP contribution < -0.4 is 0 Å². The summed E-state index contributed by atoms with van der Waals surface area (Å²) in [4.78, 5) is 0. The van der Waals surface area contributed by atoms with Crippen LogP contribution in [-0.2, 0) is 0 Å². The second-order valence-electron chi connectivity index (χ2n) is 4.41. The first-order chi connectivity index (χ1) is 7.40. The minimum atomic E-state index is -4.09. The third kappa shape index (κ3) is 7.97. The van der Waals surface area contributed by atoms with Crippen molar-refractivity contribution in [2.24, 2.45) is 5.92 Å². The van der Waals surface area contributed by atoms with E-state index in [1.807, 2.05) is 13.8 Å². The van der Waals surface area contributed by atoms with Crippen molar-refractivity contribution >= 4 is 0 Å². The number of aliphatic hydroxyl groups excluding tert-OH is 1. The Morgan fingerprint density at radius 2 is 1.50 bits per heavy atom. The van der Waals surface area contributed by atoms with Gasteiger partial charge < -0.3 is 5.11 Å². The molecule has 0 aromatic heterocycles. The molecule has 1 N–H and O–H groups in total. The van der Waals surface area contributed by atoms with E-state index in [0.29, 0.717) is 0 Å². The largest absolute Gasteiger partial charge is 0.393 e. The molecule has 0 saturated carbocycles. The van der Waals surface area contributed by atoms with Gasteiger partial charge in [0.1, 0.15) is 0 Å². The molecule has 1 nitrogen and oxygen atoms in total. The first-order valence-corrected chi connectivity index (χ1v) is 6.15. The zero-order valence-electron chi connectivity index (χ0n) is 10.2. The van der Waals surface area contributed by atoms with Crippen LogP contribution in [0.15, 0.2) is 0 Å². The predicted octanol–water partition coefficient (Wildman–Crippen LogP) is 4.30. The monoisotopic (exact) mass is 240 g/mol. The Balaban J connectivity index is 3.86. The maximum atomic E-state index is 11.9. The van der Waals surface area contributed by atoms with Crippen LogP contribution in [-0.4, -0.2) is 17.4 Å². The Morgan fingerprint density at radius 1 is 1.00 bits per heavy atom. The number of hydrogen-bond acceptors (Lipinski definition) is 1. The molecule has 0 aliphatic rings. The molecule has 0 aromatic rings. The van der Waals surface area contributed by atoms with E-state index in [4.69, 9.17) is 0 Å². The van der Waals surface area contributed by atoms with Crippen LogP contribution >= 0.6 is 0 Å². The maximum absolute atomic E-state index is 11.9. The van der Waals surface area contributed by atoms with E-state index in [0.717, 1.165) is 25.7 Å². The van der Waals surface area contributed by atoms with Gasteiger partial charge in [0.15, 0.2) is 0 Å². The van der Waals surface area contributed by atoms with Crippen LogP contribution in [0.4, 0.5) is 13.2 Å². The summed E-state index contributed by atoms with van der Waals surface area (Å²) in [5, 5.41) is 9.80. The van der Waals surface area contributed by atoms with Gasteiger partial charge in [-0.2, -0.15) is 13.2 Å². The van der Waals surface area contributed by atoms with Crippen molar-refractivity contribution in [3.05, 3.63) is 0 Å². The van der Waals surface area contributed by atoms with Crippen molar-refractivity contribution in [1.29, 1.82) is 0 Å². The van der Waals surface area contributed by atoms with E-state index in [2.05, 4.69) is 0 Å². The van der Waals surface area contributed by atoms with Gasteiger partial charge in [0.25, 0.3) is 0 Å². The Bertz CT molecular complexity index is 162. The van der Waals surface area contributed by atoms with Crippen molar-refractivity contribution in [3.8, 4) is 0 Å². The summed E-state index contributed by atoms with van der Waals surface area (Å²) in [5.74, 6) is 0.170. The van der Waals surface area contributed by atoms with Crippen molar-refractivity contribution < 1.29 is 18.3 Å². The Morgan fingerprint density at radius 3 is 1.88 bits per heavy atom. The summed E-state index contributed by atoms with van der Waals surface area (Å²) in [6.45, 7) is 4.07. The molecular weight excluding hydrogens is 217 g/mol. The minimum absolute atomic E-state index is 0.0363. The minimum Gasteiger partial charge on any atom is -0.393 e. The van der Waals surface area contributed by atoms with E-state index in [1.54, 1.807) is 0 Å². The molecular formula is C12H23F3O. The highest BCUT2D eigenvalue weighted by molar-refractivity contribution is 4.69. The summed E-state index contributed by atoms with van der Waals surface area (Å²) in [5.41, 5.74) is 0. The quantitative estimate of drug-likeness (QED) is 0.670. The maximum Gasteiger partial charge on any atom is 0.389 e. The average Bonchev–Trinajstić information content (AvgIpc) is 2.15. The van der Waals surface area contributed by atoms with Gasteiger partial charge in [-0.15, -0.1) is 0 Å². The average molecular weight is 240 g/mol. The highest BCUT2D eigenvalue weighted by atomic mass is 19.4. The van der Waals surface area contributed by atoms with Gasteiger partial charge in [0.2, 0.25) is 0 Å². The lowest BCUT2D eigenvalue weighted by atomic mass is 9.89. The third-order valence-corrected chi connectivity index (χ3v) is 2.82. The number of hydrogen-bond donors (Lipinski definition) is 1. The summed E-state index contributed by atoms with van der Waals surface area (Å²) < 4.78 is 35.8. The van der Waals surface area contributed by atoms with Gasteiger partial charge in [0.05, 0.1) is 6.10 Å². The molecule has 0 saturated heterocycles. The van der Waals surface area contributed by atoms with Crippen LogP contribution in [0.5, 0.6) is 0 Å². The fourth-order valence-corrected chi connectivity index (χ4v) is 2.02. The fourth-order valence-electron chi connectivity index (χ4n) is 2.02. The van der Waals surface area contributed by atoms with Gasteiger partial charge in [-0.25, -0.2) is 0 Å². The second kappa shape index (κ2) is 7.93. The number of halogens is 3. The molecule has 4 heteroatoms. The van der Waals surface area contributed by atoms with E-state index >= 15 is 0 Å². The SMILES string of the molecule is CCCC(CCC)C(O)CCCC(F)(F)F. The van der Waals surface area contributed by atoms with Crippen LogP contribution in [0, 0.1) is 5.92 Å². The van der Waals surface area contributed by atoms with Crippen molar-refractivity contribution in [3.63, 3.8) is 0 Å². The van der Waals surface area contributed by atoms with Gasteiger partial charge in [-0.3, -0.25) is 0 Å². The molecule has 98 valence electrons. The normalized spacial score (nSPS) is 14.4. The summed E-state index contributed by atoms with van der Waals surface area (Å²) in [6, 6.07) is 0. The van der Waals surface area contributed by atoms with Crippen molar-refractivity contribution in [2.45, 2.75) is 71.1 Å². The lowest BCUT2D eigenvalue weighted by Crippen LogP contribution is -2.21. The summed E-state index contributed by atoms with van der Waals surface area (Å²) in [6.07, 6.45) is -1.38. The Labute approximate surface area is 96.0 Å². The molecule has 0 spiro atoms. The van der Waals surface area contributed by atoms with Crippen LogP contribution in [0.3, 0.4) is 0 Å². The summed E-state index contributed by atoms with van der Waals surface area (Å²) >= 11 is 0. The molecule has 0 radical (unpaired) electrons. The molecule has 0 amide bonds. The standard InChI is InChI=1S/C12H23F3O/c1-3-6-10(7-4-2)11(16)8-5-9-12(13,14)15/h10-11,16H,3-9H2,1-2H3. The highest BCUT2D eigenvalue weighted by Crippen LogP contribution is 2.26. The van der Waals surface area contributed by atoms with Crippen LogP contribution in [0.1, 0.15) is 58.8 Å². The number of rotatable bonds is 8. The van der Waals surface area contributed by atoms with E-state index in [1.165, 1.54) is 0 Å². The molecule has 1 atom stereocenters. The lowest BCUT2D eigenvalue weighted by Gasteiger charge is -2.22. The van der Waals surface area contributed by atoms with E-state index < -0.39 is 18.7 Å². The zero-order valence-corrected chi connectivity index (χ0v) is 10.2. The van der Waals surface area contributed by atoms with Crippen LogP contribution in [0.2, 0.25) is 0 Å². The molecule has 0 aliphatic heterocycles. The molecule has 0 bridgehead atoms. The molecule has 0 fully saturated rings. The third-order valence-electron chi connectivity index (χ3n) is 2.82. The molecule has 0 aliphatic carbocycles. The van der Waals surface area contributed by atoms with Crippen molar-refractivity contribution in [2.75, 3.05) is 0 Å². The predicted molar refractivity (Wildman–Crippen MR) is 59.2 cm³/mol. The lowest BCUT2D eigenvalue weighted by molar-refractivity contribution is -0.136. The van der Waals surface area contributed by atoms with Gasteiger partial charge in [-0.05, 0) is 31.6 Å². The molecule has 16 heavy (non-hydrogen) atoms. The van der Waals surface area contributed by atoms with E-state index in [9.17, 15) is 18.3 Å². The van der Waals surface area contributed by atoms with Gasteiger partial charge in [0, 0.05) is 6.42 Å².